The Kier molecular flexibility index (Phi) is 4.65. The first kappa shape index (κ1) is 20.8. The Hall–Kier alpha value is -3.81. The van der Waals surface area contributed by atoms with E-state index in [0.717, 1.165) is 12.0 Å². The Balaban J connectivity index is 1.30. The number of nitro benzene ring substituents is 1. The molecule has 1 aliphatic heterocycles. The summed E-state index contributed by atoms with van der Waals surface area (Å²) in [5.74, 6) is -0.618. The minimum atomic E-state index is -1.00. The van der Waals surface area contributed by atoms with Gasteiger partial charge in [-0.1, -0.05) is 42.5 Å². The van der Waals surface area contributed by atoms with Crippen LogP contribution in [0.1, 0.15) is 12.0 Å². The third-order valence-electron chi connectivity index (χ3n) is 7.93. The second-order valence-electron chi connectivity index (χ2n) is 9.70. The molecule has 3 fully saturated rings. The van der Waals surface area contributed by atoms with Crippen molar-refractivity contribution in [2.24, 2.45) is 35.5 Å². The molecule has 34 heavy (non-hydrogen) atoms. The SMILES string of the molecule is O=C(Nc1ccc([N+](=O)[O-])cc1)C(Cc1ccccc1)N1C(=O)C2C3C=CC(C4CC34)C2C1=O. The van der Waals surface area contributed by atoms with Gasteiger partial charge in [-0.2, -0.15) is 0 Å². The molecule has 8 heteroatoms. The van der Waals surface area contributed by atoms with E-state index < -0.39 is 16.9 Å². The lowest BCUT2D eigenvalue weighted by Crippen LogP contribution is -2.49. The van der Waals surface area contributed by atoms with Gasteiger partial charge >= 0.3 is 0 Å². The standard InChI is InChI=1S/C26H23N3O5/c30-24(27-15-6-8-16(9-7-15)29(33)34)21(12-14-4-2-1-3-5-14)28-25(31)22-17-10-11-18(20-13-19(17)20)23(22)26(28)32/h1-11,17-23H,12-13H2,(H,27,30). The highest BCUT2D eigenvalue weighted by molar-refractivity contribution is 6.10. The van der Waals surface area contributed by atoms with Crippen LogP contribution in [0.4, 0.5) is 11.4 Å². The topological polar surface area (TPSA) is 110 Å². The summed E-state index contributed by atoms with van der Waals surface area (Å²) >= 11 is 0. The molecule has 4 aliphatic carbocycles. The van der Waals surface area contributed by atoms with Crippen molar-refractivity contribution < 1.29 is 19.3 Å². The van der Waals surface area contributed by atoms with Gasteiger partial charge in [0.2, 0.25) is 17.7 Å². The van der Waals surface area contributed by atoms with Crippen molar-refractivity contribution in [2.75, 3.05) is 5.32 Å². The zero-order valence-corrected chi connectivity index (χ0v) is 18.2. The highest BCUT2D eigenvalue weighted by Crippen LogP contribution is 2.65. The maximum Gasteiger partial charge on any atom is 0.269 e. The average Bonchev–Trinajstić information content (AvgIpc) is 3.62. The molecule has 5 aliphatic rings. The van der Waals surface area contributed by atoms with E-state index in [9.17, 15) is 24.5 Å². The molecule has 2 bridgehead atoms. The number of imide groups is 1. The lowest BCUT2D eigenvalue weighted by molar-refractivity contribution is -0.384. The minimum absolute atomic E-state index is 0.0801. The van der Waals surface area contributed by atoms with Gasteiger partial charge in [-0.05, 0) is 47.8 Å². The van der Waals surface area contributed by atoms with Gasteiger partial charge in [-0.25, -0.2) is 0 Å². The monoisotopic (exact) mass is 457 g/mol. The molecule has 7 unspecified atom stereocenters. The van der Waals surface area contributed by atoms with Gasteiger partial charge in [0.15, 0.2) is 0 Å². The van der Waals surface area contributed by atoms with E-state index in [-0.39, 0.29) is 47.6 Å². The number of hydrogen-bond acceptors (Lipinski definition) is 5. The molecule has 0 radical (unpaired) electrons. The van der Waals surface area contributed by atoms with Crippen LogP contribution in [0.15, 0.2) is 66.7 Å². The van der Waals surface area contributed by atoms with E-state index in [1.807, 2.05) is 30.3 Å². The smallest absolute Gasteiger partial charge is 0.269 e. The molecule has 7 atom stereocenters. The van der Waals surface area contributed by atoms with Crippen LogP contribution in [0.2, 0.25) is 0 Å². The average molecular weight is 457 g/mol. The molecule has 2 aromatic carbocycles. The highest BCUT2D eigenvalue weighted by Gasteiger charge is 2.67. The maximum absolute atomic E-state index is 13.6. The van der Waals surface area contributed by atoms with Crippen molar-refractivity contribution in [1.82, 2.24) is 4.90 Å². The van der Waals surface area contributed by atoms with Crippen LogP contribution in [0.3, 0.4) is 0 Å². The van der Waals surface area contributed by atoms with Crippen molar-refractivity contribution in [3.05, 3.63) is 82.4 Å². The maximum atomic E-state index is 13.6. The summed E-state index contributed by atoms with van der Waals surface area (Å²) in [5.41, 5.74) is 1.12. The predicted molar refractivity (Wildman–Crippen MR) is 122 cm³/mol. The lowest BCUT2D eigenvalue weighted by atomic mass is 9.63. The molecule has 1 saturated heterocycles. The first-order chi connectivity index (χ1) is 16.4. The second-order valence-corrected chi connectivity index (χ2v) is 9.70. The first-order valence-electron chi connectivity index (χ1n) is 11.6. The summed E-state index contributed by atoms with van der Waals surface area (Å²) in [4.78, 5) is 52.3. The molecule has 172 valence electrons. The van der Waals surface area contributed by atoms with E-state index in [0.29, 0.717) is 17.5 Å². The molecule has 0 spiro atoms. The number of non-ortho nitro benzene ring substituents is 1. The number of carbonyl (C=O) groups excluding carboxylic acids is 3. The van der Waals surface area contributed by atoms with Gasteiger partial charge in [0.1, 0.15) is 6.04 Å². The Bertz CT molecular complexity index is 1190. The van der Waals surface area contributed by atoms with Crippen LogP contribution < -0.4 is 5.32 Å². The third-order valence-corrected chi connectivity index (χ3v) is 7.93. The quantitative estimate of drug-likeness (QED) is 0.310. The van der Waals surface area contributed by atoms with Crippen molar-refractivity contribution in [3.8, 4) is 0 Å². The van der Waals surface area contributed by atoms with E-state index in [2.05, 4.69) is 17.5 Å². The number of rotatable bonds is 6. The number of nitro groups is 1. The number of amides is 3. The zero-order valence-electron chi connectivity index (χ0n) is 18.2. The van der Waals surface area contributed by atoms with Crippen molar-refractivity contribution in [1.29, 1.82) is 0 Å². The molecule has 0 aromatic heterocycles. The summed E-state index contributed by atoms with van der Waals surface area (Å²) < 4.78 is 0. The largest absolute Gasteiger partial charge is 0.324 e. The van der Waals surface area contributed by atoms with Gasteiger partial charge in [-0.3, -0.25) is 29.4 Å². The van der Waals surface area contributed by atoms with E-state index in [4.69, 9.17) is 0 Å². The zero-order chi connectivity index (χ0) is 23.6. The lowest BCUT2D eigenvalue weighted by Gasteiger charge is -2.37. The molecular weight excluding hydrogens is 434 g/mol. The van der Waals surface area contributed by atoms with Crippen LogP contribution >= 0.6 is 0 Å². The number of allylic oxidation sites excluding steroid dienone is 2. The highest BCUT2D eigenvalue weighted by atomic mass is 16.6. The fourth-order valence-electron chi connectivity index (χ4n) is 6.32. The molecule has 1 heterocycles. The molecular formula is C26H23N3O5. The number of nitrogens with zero attached hydrogens (tertiary/aromatic N) is 2. The number of nitrogens with one attached hydrogen (secondary N) is 1. The molecule has 1 N–H and O–H groups in total. The number of hydrogen-bond donors (Lipinski definition) is 1. The van der Waals surface area contributed by atoms with Crippen LogP contribution in [0.25, 0.3) is 0 Å². The first-order valence-corrected chi connectivity index (χ1v) is 11.6. The number of anilines is 1. The molecule has 8 nitrogen and oxygen atoms in total. The van der Waals surface area contributed by atoms with E-state index in [1.165, 1.54) is 29.2 Å². The van der Waals surface area contributed by atoms with Gasteiger partial charge in [-0.15, -0.1) is 0 Å². The summed E-state index contributed by atoms with van der Waals surface area (Å²) in [7, 11) is 0. The second kappa shape index (κ2) is 7.62. The van der Waals surface area contributed by atoms with Crippen LogP contribution in [0.5, 0.6) is 0 Å². The normalized spacial score (nSPS) is 31.1. The van der Waals surface area contributed by atoms with Gasteiger partial charge in [0.05, 0.1) is 16.8 Å². The van der Waals surface area contributed by atoms with Gasteiger partial charge in [0.25, 0.3) is 5.69 Å². The van der Waals surface area contributed by atoms with Crippen molar-refractivity contribution >= 4 is 29.1 Å². The Labute approximate surface area is 195 Å². The van der Waals surface area contributed by atoms with E-state index >= 15 is 0 Å². The van der Waals surface area contributed by atoms with Crippen LogP contribution in [-0.4, -0.2) is 33.6 Å². The minimum Gasteiger partial charge on any atom is -0.324 e. The fourth-order valence-corrected chi connectivity index (χ4v) is 6.32. The molecule has 2 saturated carbocycles. The van der Waals surface area contributed by atoms with Gasteiger partial charge < -0.3 is 5.32 Å². The molecule has 3 amide bonds. The number of likely N-dealkylation sites (tertiary alicyclic amines) is 1. The Morgan fingerprint density at radius 2 is 1.56 bits per heavy atom. The predicted octanol–water partition coefficient (Wildman–Crippen LogP) is 3.20. The summed E-state index contributed by atoms with van der Waals surface area (Å²) in [5, 5.41) is 13.7. The number of carbonyl (C=O) groups is 3. The van der Waals surface area contributed by atoms with Crippen molar-refractivity contribution in [2.45, 2.75) is 18.9 Å². The van der Waals surface area contributed by atoms with Gasteiger partial charge in [0, 0.05) is 24.2 Å². The van der Waals surface area contributed by atoms with Crippen LogP contribution in [0, 0.1) is 45.6 Å². The summed E-state index contributed by atoms with van der Waals surface area (Å²) in [6.45, 7) is 0. The number of benzene rings is 2. The van der Waals surface area contributed by atoms with Crippen LogP contribution in [-0.2, 0) is 20.8 Å². The molecule has 7 rings (SSSR count). The Morgan fingerprint density at radius 1 is 0.971 bits per heavy atom. The third kappa shape index (κ3) is 3.16. The molecule has 2 aromatic rings. The van der Waals surface area contributed by atoms with Crippen molar-refractivity contribution in [3.63, 3.8) is 0 Å². The van der Waals surface area contributed by atoms with E-state index in [1.54, 1.807) is 0 Å². The summed E-state index contributed by atoms with van der Waals surface area (Å²) in [6.07, 6.45) is 5.49. The Morgan fingerprint density at radius 3 is 2.12 bits per heavy atom. The fraction of sp³-hybridized carbons (Fsp3) is 0.346. The summed E-state index contributed by atoms with van der Waals surface area (Å²) in [6, 6.07) is 13.8.